The zero-order chi connectivity index (χ0) is 21.2. The number of benzene rings is 2. The second-order valence-corrected chi connectivity index (χ2v) is 9.33. The summed E-state index contributed by atoms with van der Waals surface area (Å²) in [6.45, 7) is 3.23. The molecule has 1 amide bonds. The fourth-order valence-electron chi connectivity index (χ4n) is 3.28. The van der Waals surface area contributed by atoms with E-state index in [0.717, 1.165) is 11.1 Å². The smallest absolute Gasteiger partial charge is 0.244 e. The van der Waals surface area contributed by atoms with Gasteiger partial charge in [0.1, 0.15) is 17.3 Å². The number of ether oxygens (including phenoxy) is 1. The molecule has 0 bridgehead atoms. The highest BCUT2D eigenvalue weighted by atomic mass is 32.2. The molecule has 0 aromatic heterocycles. The molecule has 0 fully saturated rings. The van der Waals surface area contributed by atoms with Gasteiger partial charge in [0.2, 0.25) is 15.9 Å². The molecule has 2 aromatic carbocycles. The third kappa shape index (κ3) is 4.26. The Morgan fingerprint density at radius 1 is 1.17 bits per heavy atom. The molecule has 8 heteroatoms. The normalized spacial score (nSPS) is 17.1. The standard InChI is InChI=1S/C21H23N3O4S/c1-21(2,14-22)23-20(25)19-12-15-6-4-5-7-16(15)13-24(19)29(26,27)18-10-8-17(28-3)9-11-18/h4-11,19H,12-13H2,1-3H3,(H,23,25)/t19-/m0/s1. The molecule has 1 aliphatic rings. The fourth-order valence-corrected chi connectivity index (χ4v) is 4.84. The van der Waals surface area contributed by atoms with Crippen molar-refractivity contribution >= 4 is 15.9 Å². The lowest BCUT2D eigenvalue weighted by Crippen LogP contribution is -2.56. The Hall–Kier alpha value is -2.89. The van der Waals surface area contributed by atoms with Crippen LogP contribution >= 0.6 is 0 Å². The lowest BCUT2D eigenvalue weighted by Gasteiger charge is -2.36. The molecule has 0 spiro atoms. The highest BCUT2D eigenvalue weighted by Gasteiger charge is 2.40. The molecule has 0 saturated carbocycles. The van der Waals surface area contributed by atoms with Crippen LogP contribution in [0.25, 0.3) is 0 Å². The SMILES string of the molecule is COc1ccc(S(=O)(=O)N2Cc3ccccc3C[C@H]2C(=O)NC(C)(C)C#N)cc1. The monoisotopic (exact) mass is 413 g/mol. The number of fused-ring (bicyclic) bond motifs is 1. The predicted molar refractivity (Wildman–Crippen MR) is 107 cm³/mol. The molecule has 1 N–H and O–H groups in total. The summed E-state index contributed by atoms with van der Waals surface area (Å²) in [7, 11) is -2.45. The van der Waals surface area contributed by atoms with Crippen LogP contribution in [-0.4, -0.2) is 37.3 Å². The largest absolute Gasteiger partial charge is 0.497 e. The van der Waals surface area contributed by atoms with E-state index in [1.165, 1.54) is 23.5 Å². The van der Waals surface area contributed by atoms with E-state index in [1.807, 2.05) is 30.3 Å². The van der Waals surface area contributed by atoms with E-state index < -0.39 is 27.5 Å². The zero-order valence-electron chi connectivity index (χ0n) is 16.5. The summed E-state index contributed by atoms with van der Waals surface area (Å²) >= 11 is 0. The molecule has 0 radical (unpaired) electrons. The van der Waals surface area contributed by atoms with Crippen molar-refractivity contribution in [2.45, 2.75) is 43.3 Å². The van der Waals surface area contributed by atoms with Crippen molar-refractivity contribution in [3.8, 4) is 11.8 Å². The summed E-state index contributed by atoms with van der Waals surface area (Å²) in [4.78, 5) is 13.1. The third-order valence-electron chi connectivity index (χ3n) is 4.89. The topological polar surface area (TPSA) is 99.5 Å². The maximum Gasteiger partial charge on any atom is 0.244 e. The second kappa shape index (κ2) is 7.85. The van der Waals surface area contributed by atoms with Crippen LogP contribution in [0.5, 0.6) is 5.75 Å². The Labute approximate surface area is 171 Å². The van der Waals surface area contributed by atoms with Crippen molar-refractivity contribution in [2.75, 3.05) is 7.11 Å². The average Bonchev–Trinajstić information content (AvgIpc) is 2.72. The molecule has 1 aliphatic heterocycles. The van der Waals surface area contributed by atoms with E-state index in [4.69, 9.17) is 4.74 Å². The van der Waals surface area contributed by atoms with Gasteiger partial charge in [-0.1, -0.05) is 24.3 Å². The van der Waals surface area contributed by atoms with E-state index in [0.29, 0.717) is 5.75 Å². The minimum atomic E-state index is -3.95. The number of carbonyl (C=O) groups excluding carboxylic acids is 1. The van der Waals surface area contributed by atoms with Gasteiger partial charge in [0.15, 0.2) is 0 Å². The van der Waals surface area contributed by atoms with Crippen LogP contribution in [0, 0.1) is 11.3 Å². The molecule has 3 rings (SSSR count). The molecule has 0 unspecified atom stereocenters. The first-order valence-electron chi connectivity index (χ1n) is 9.14. The first-order valence-corrected chi connectivity index (χ1v) is 10.6. The van der Waals surface area contributed by atoms with Gasteiger partial charge in [-0.15, -0.1) is 0 Å². The Morgan fingerprint density at radius 2 is 1.79 bits per heavy atom. The molecular formula is C21H23N3O4S. The number of hydrogen-bond donors (Lipinski definition) is 1. The Kier molecular flexibility index (Phi) is 5.64. The van der Waals surface area contributed by atoms with Crippen molar-refractivity contribution in [3.05, 3.63) is 59.7 Å². The maximum absolute atomic E-state index is 13.4. The number of carbonyl (C=O) groups is 1. The minimum Gasteiger partial charge on any atom is -0.497 e. The van der Waals surface area contributed by atoms with Gasteiger partial charge in [0.05, 0.1) is 18.1 Å². The summed E-state index contributed by atoms with van der Waals surface area (Å²) in [5.74, 6) is 0.0427. The van der Waals surface area contributed by atoms with Gasteiger partial charge in [0.25, 0.3) is 0 Å². The van der Waals surface area contributed by atoms with Gasteiger partial charge in [-0.2, -0.15) is 9.57 Å². The average molecular weight is 413 g/mol. The van der Waals surface area contributed by atoms with Crippen LogP contribution in [0.3, 0.4) is 0 Å². The van der Waals surface area contributed by atoms with Gasteiger partial charge in [-0.3, -0.25) is 4.79 Å². The molecule has 29 heavy (non-hydrogen) atoms. The lowest BCUT2D eigenvalue weighted by atomic mass is 9.94. The predicted octanol–water partition coefficient (Wildman–Crippen LogP) is 2.23. The third-order valence-corrected chi connectivity index (χ3v) is 6.76. The quantitative estimate of drug-likeness (QED) is 0.810. The Balaban J connectivity index is 2.02. The Bertz CT molecular complexity index is 1060. The van der Waals surface area contributed by atoms with Crippen LogP contribution in [0.15, 0.2) is 53.4 Å². The van der Waals surface area contributed by atoms with Crippen LogP contribution in [0.2, 0.25) is 0 Å². The summed E-state index contributed by atoms with van der Waals surface area (Å²) in [5.41, 5.74) is 0.667. The fraction of sp³-hybridized carbons (Fsp3) is 0.333. The number of nitrogens with one attached hydrogen (secondary N) is 1. The molecule has 1 atom stereocenters. The van der Waals surface area contributed by atoms with Gasteiger partial charge < -0.3 is 10.1 Å². The molecule has 0 aliphatic carbocycles. The van der Waals surface area contributed by atoms with Crippen molar-refractivity contribution in [3.63, 3.8) is 0 Å². The molecule has 2 aromatic rings. The maximum atomic E-state index is 13.4. The number of nitriles is 1. The number of rotatable bonds is 5. The number of sulfonamides is 1. The highest BCUT2D eigenvalue weighted by Crippen LogP contribution is 2.30. The minimum absolute atomic E-state index is 0.0787. The first kappa shape index (κ1) is 20.8. The van der Waals surface area contributed by atoms with Crippen LogP contribution in [0.1, 0.15) is 25.0 Å². The van der Waals surface area contributed by atoms with Crippen molar-refractivity contribution in [2.24, 2.45) is 0 Å². The number of hydrogen-bond acceptors (Lipinski definition) is 5. The van der Waals surface area contributed by atoms with Gasteiger partial charge in [-0.25, -0.2) is 8.42 Å². The Morgan fingerprint density at radius 3 is 2.38 bits per heavy atom. The van der Waals surface area contributed by atoms with Gasteiger partial charge in [0, 0.05) is 6.54 Å². The molecule has 0 saturated heterocycles. The van der Waals surface area contributed by atoms with E-state index in [1.54, 1.807) is 26.0 Å². The van der Waals surface area contributed by atoms with Crippen LogP contribution < -0.4 is 10.1 Å². The number of nitrogens with zero attached hydrogens (tertiary/aromatic N) is 2. The first-order chi connectivity index (χ1) is 13.7. The number of methoxy groups -OCH3 is 1. The summed E-state index contributed by atoms with van der Waals surface area (Å²) < 4.78 is 33.1. The van der Waals surface area contributed by atoms with E-state index in [9.17, 15) is 18.5 Å². The molecule has 7 nitrogen and oxygen atoms in total. The number of amides is 1. The molecular weight excluding hydrogens is 390 g/mol. The van der Waals surface area contributed by atoms with Crippen molar-refractivity contribution < 1.29 is 17.9 Å². The summed E-state index contributed by atoms with van der Waals surface area (Å²) in [5, 5.41) is 11.9. The summed E-state index contributed by atoms with van der Waals surface area (Å²) in [6, 6.07) is 14.6. The highest BCUT2D eigenvalue weighted by molar-refractivity contribution is 7.89. The van der Waals surface area contributed by atoms with Gasteiger partial charge >= 0.3 is 0 Å². The van der Waals surface area contributed by atoms with Crippen LogP contribution in [0.4, 0.5) is 0 Å². The van der Waals surface area contributed by atoms with E-state index >= 15 is 0 Å². The van der Waals surface area contributed by atoms with Gasteiger partial charge in [-0.05, 0) is 55.7 Å². The van der Waals surface area contributed by atoms with Crippen molar-refractivity contribution in [1.29, 1.82) is 5.26 Å². The zero-order valence-corrected chi connectivity index (χ0v) is 17.4. The molecule has 152 valence electrons. The van der Waals surface area contributed by atoms with Crippen LogP contribution in [-0.2, 0) is 27.8 Å². The second-order valence-electron chi connectivity index (χ2n) is 7.44. The molecule has 1 heterocycles. The van der Waals surface area contributed by atoms with E-state index in [-0.39, 0.29) is 17.9 Å². The summed E-state index contributed by atoms with van der Waals surface area (Å²) in [6.07, 6.45) is 0.235. The van der Waals surface area contributed by atoms with Crippen molar-refractivity contribution in [1.82, 2.24) is 9.62 Å². The lowest BCUT2D eigenvalue weighted by molar-refractivity contribution is -0.126. The van der Waals surface area contributed by atoms with E-state index in [2.05, 4.69) is 5.32 Å².